The average Bonchev–Trinajstić information content (AvgIpc) is 3.12. The van der Waals surface area contributed by atoms with Crippen LogP contribution in [0.5, 0.6) is 0 Å². The minimum absolute atomic E-state index is 0. The fraction of sp³-hybridized carbons (Fsp3) is 0.923. The lowest BCUT2D eigenvalue weighted by Crippen LogP contribution is -2.48. The fourth-order valence-electron chi connectivity index (χ4n) is 2.23. The normalized spacial score (nSPS) is 15.3. The van der Waals surface area contributed by atoms with E-state index in [2.05, 4.69) is 20.8 Å². The molecule has 1 aliphatic rings. The van der Waals surface area contributed by atoms with Crippen molar-refractivity contribution in [1.29, 1.82) is 0 Å². The van der Waals surface area contributed by atoms with Gasteiger partial charge in [-0.15, -0.1) is 12.4 Å². The maximum absolute atomic E-state index is 12.5. The van der Waals surface area contributed by atoms with E-state index in [-0.39, 0.29) is 23.7 Å². The molecule has 1 saturated carbocycles. The SMILES string of the molecule is CCN(CC1CC1)C(=O)C(CC)(CC)CN.Cl. The van der Waals surface area contributed by atoms with Crippen molar-refractivity contribution >= 4 is 18.3 Å². The number of nitrogens with zero attached hydrogens (tertiary/aromatic N) is 1. The van der Waals surface area contributed by atoms with Crippen LogP contribution in [-0.2, 0) is 4.79 Å². The Balaban J connectivity index is 0.00000256. The summed E-state index contributed by atoms with van der Waals surface area (Å²) < 4.78 is 0. The van der Waals surface area contributed by atoms with E-state index in [1.807, 2.05) is 4.90 Å². The molecular weight excluding hydrogens is 236 g/mol. The van der Waals surface area contributed by atoms with Gasteiger partial charge in [0.25, 0.3) is 0 Å². The largest absolute Gasteiger partial charge is 0.342 e. The fourth-order valence-corrected chi connectivity index (χ4v) is 2.23. The quantitative estimate of drug-likeness (QED) is 0.766. The average molecular weight is 263 g/mol. The Hall–Kier alpha value is -0.280. The highest BCUT2D eigenvalue weighted by molar-refractivity contribution is 5.85. The number of carbonyl (C=O) groups is 1. The Morgan fingerprint density at radius 1 is 1.29 bits per heavy atom. The van der Waals surface area contributed by atoms with Crippen molar-refractivity contribution in [2.75, 3.05) is 19.6 Å². The Morgan fingerprint density at radius 2 is 1.82 bits per heavy atom. The van der Waals surface area contributed by atoms with Crippen molar-refractivity contribution in [3.05, 3.63) is 0 Å². The zero-order valence-corrected chi connectivity index (χ0v) is 12.2. The molecule has 0 heterocycles. The maximum atomic E-state index is 12.5. The highest BCUT2D eigenvalue weighted by Crippen LogP contribution is 2.33. The second-order valence-electron chi connectivity index (χ2n) is 4.98. The molecule has 4 heteroatoms. The summed E-state index contributed by atoms with van der Waals surface area (Å²) in [4.78, 5) is 14.5. The predicted octanol–water partition coefficient (Wildman–Crippen LogP) is 2.43. The molecule has 0 aromatic heterocycles. The van der Waals surface area contributed by atoms with Crippen LogP contribution in [0.15, 0.2) is 0 Å². The van der Waals surface area contributed by atoms with Gasteiger partial charge in [-0.1, -0.05) is 13.8 Å². The van der Waals surface area contributed by atoms with Crippen molar-refractivity contribution < 1.29 is 4.79 Å². The van der Waals surface area contributed by atoms with Crippen molar-refractivity contribution in [2.45, 2.75) is 46.5 Å². The van der Waals surface area contributed by atoms with Crippen LogP contribution in [0.25, 0.3) is 0 Å². The van der Waals surface area contributed by atoms with Gasteiger partial charge in [0, 0.05) is 19.6 Å². The molecule has 1 aliphatic carbocycles. The minimum Gasteiger partial charge on any atom is -0.342 e. The summed E-state index contributed by atoms with van der Waals surface area (Å²) in [5.74, 6) is 1.03. The molecular formula is C13H27ClN2O. The Labute approximate surface area is 112 Å². The third kappa shape index (κ3) is 3.85. The van der Waals surface area contributed by atoms with Gasteiger partial charge < -0.3 is 10.6 Å². The molecule has 0 aliphatic heterocycles. The van der Waals surface area contributed by atoms with Crippen LogP contribution in [0.1, 0.15) is 46.5 Å². The van der Waals surface area contributed by atoms with Crippen LogP contribution in [0.4, 0.5) is 0 Å². The number of nitrogens with two attached hydrogens (primary N) is 1. The molecule has 2 N–H and O–H groups in total. The van der Waals surface area contributed by atoms with Gasteiger partial charge in [-0.05, 0) is 38.5 Å². The smallest absolute Gasteiger partial charge is 0.230 e. The van der Waals surface area contributed by atoms with Crippen molar-refractivity contribution in [3.8, 4) is 0 Å². The van der Waals surface area contributed by atoms with E-state index in [9.17, 15) is 4.79 Å². The summed E-state index contributed by atoms with van der Waals surface area (Å²) in [6.07, 6.45) is 4.27. The van der Waals surface area contributed by atoms with Gasteiger partial charge >= 0.3 is 0 Å². The molecule has 0 atom stereocenters. The van der Waals surface area contributed by atoms with Crippen molar-refractivity contribution in [3.63, 3.8) is 0 Å². The predicted molar refractivity (Wildman–Crippen MR) is 74.3 cm³/mol. The number of amides is 1. The van der Waals surface area contributed by atoms with Crippen LogP contribution < -0.4 is 5.73 Å². The number of rotatable bonds is 7. The first-order chi connectivity index (χ1) is 7.63. The molecule has 1 rings (SSSR count). The molecule has 0 saturated heterocycles. The van der Waals surface area contributed by atoms with E-state index in [0.717, 1.165) is 31.8 Å². The third-order valence-corrected chi connectivity index (χ3v) is 4.04. The summed E-state index contributed by atoms with van der Waals surface area (Å²) in [7, 11) is 0. The number of hydrogen-bond donors (Lipinski definition) is 1. The van der Waals surface area contributed by atoms with Crippen LogP contribution in [-0.4, -0.2) is 30.4 Å². The van der Waals surface area contributed by atoms with Crippen LogP contribution >= 0.6 is 12.4 Å². The second-order valence-corrected chi connectivity index (χ2v) is 4.98. The molecule has 0 spiro atoms. The third-order valence-electron chi connectivity index (χ3n) is 4.04. The molecule has 1 amide bonds. The van der Waals surface area contributed by atoms with Crippen LogP contribution in [0.3, 0.4) is 0 Å². The van der Waals surface area contributed by atoms with Gasteiger partial charge in [-0.3, -0.25) is 4.79 Å². The summed E-state index contributed by atoms with van der Waals surface area (Å²) in [6, 6.07) is 0. The van der Waals surface area contributed by atoms with Gasteiger partial charge in [0.2, 0.25) is 5.91 Å². The lowest BCUT2D eigenvalue weighted by Gasteiger charge is -2.34. The topological polar surface area (TPSA) is 46.3 Å². The maximum Gasteiger partial charge on any atom is 0.230 e. The lowest BCUT2D eigenvalue weighted by molar-refractivity contribution is -0.142. The molecule has 0 aromatic rings. The lowest BCUT2D eigenvalue weighted by atomic mass is 9.81. The summed E-state index contributed by atoms with van der Waals surface area (Å²) in [5, 5.41) is 0. The molecule has 0 radical (unpaired) electrons. The number of carbonyl (C=O) groups excluding carboxylic acids is 1. The van der Waals surface area contributed by atoms with E-state index in [1.165, 1.54) is 12.8 Å². The molecule has 0 bridgehead atoms. The zero-order chi connectivity index (χ0) is 12.2. The van der Waals surface area contributed by atoms with Crippen LogP contribution in [0, 0.1) is 11.3 Å². The molecule has 3 nitrogen and oxygen atoms in total. The van der Waals surface area contributed by atoms with Crippen molar-refractivity contribution in [1.82, 2.24) is 4.90 Å². The molecule has 102 valence electrons. The van der Waals surface area contributed by atoms with E-state index >= 15 is 0 Å². The van der Waals surface area contributed by atoms with Gasteiger partial charge in [0.15, 0.2) is 0 Å². The number of hydrogen-bond acceptors (Lipinski definition) is 2. The Kier molecular flexibility index (Phi) is 7.10. The van der Waals surface area contributed by atoms with Crippen molar-refractivity contribution in [2.24, 2.45) is 17.1 Å². The van der Waals surface area contributed by atoms with E-state index in [4.69, 9.17) is 5.73 Å². The second kappa shape index (κ2) is 7.22. The van der Waals surface area contributed by atoms with Gasteiger partial charge in [-0.2, -0.15) is 0 Å². The summed E-state index contributed by atoms with van der Waals surface area (Å²) in [5.41, 5.74) is 5.51. The van der Waals surface area contributed by atoms with Gasteiger partial charge in [0.1, 0.15) is 0 Å². The first-order valence-corrected chi connectivity index (χ1v) is 6.63. The molecule has 1 fully saturated rings. The number of halogens is 1. The first-order valence-electron chi connectivity index (χ1n) is 6.63. The van der Waals surface area contributed by atoms with E-state index in [1.54, 1.807) is 0 Å². The monoisotopic (exact) mass is 262 g/mol. The first kappa shape index (κ1) is 16.7. The van der Waals surface area contributed by atoms with Gasteiger partial charge in [-0.25, -0.2) is 0 Å². The van der Waals surface area contributed by atoms with E-state index in [0.29, 0.717) is 6.54 Å². The standard InChI is InChI=1S/C13H26N2O.ClH/c1-4-13(5-2,10-14)12(16)15(6-3)9-11-7-8-11;/h11H,4-10,14H2,1-3H3;1H. The minimum atomic E-state index is -0.315. The zero-order valence-electron chi connectivity index (χ0n) is 11.4. The molecule has 17 heavy (non-hydrogen) atoms. The van der Waals surface area contributed by atoms with Gasteiger partial charge in [0.05, 0.1) is 5.41 Å². The molecule has 0 unspecified atom stereocenters. The molecule has 0 aromatic carbocycles. The Bertz CT molecular complexity index is 229. The highest BCUT2D eigenvalue weighted by atomic mass is 35.5. The van der Waals surface area contributed by atoms with E-state index < -0.39 is 0 Å². The van der Waals surface area contributed by atoms with Crippen LogP contribution in [0.2, 0.25) is 0 Å². The summed E-state index contributed by atoms with van der Waals surface area (Å²) >= 11 is 0. The highest BCUT2D eigenvalue weighted by Gasteiger charge is 2.38. The Morgan fingerprint density at radius 3 is 2.12 bits per heavy atom. The summed E-state index contributed by atoms with van der Waals surface area (Å²) in [6.45, 7) is 8.43.